The number of nitrogens with one attached hydrogen (secondary N) is 1. The summed E-state index contributed by atoms with van der Waals surface area (Å²) in [5.74, 6) is 1.59. The van der Waals surface area contributed by atoms with Gasteiger partial charge in [0.15, 0.2) is 5.84 Å². The van der Waals surface area contributed by atoms with Crippen molar-refractivity contribution in [1.29, 1.82) is 0 Å². The molecule has 0 radical (unpaired) electrons. The molecule has 1 aliphatic carbocycles. The minimum absolute atomic E-state index is 0.113. The molecule has 1 N–H and O–H groups in total. The van der Waals surface area contributed by atoms with E-state index in [1.165, 1.54) is 60.1 Å². The lowest BCUT2D eigenvalue weighted by atomic mass is 9.83. The Balaban J connectivity index is 1.07. The van der Waals surface area contributed by atoms with E-state index in [0.717, 1.165) is 57.3 Å². The standard InChI is InChI=1S/C54H37N3O/c1-2-14-35-29-39(25-24-33(35)12-1)52-55-53(57-54(56-52)45-22-11-17-34-13-5-6-18-41(34)45)40-31-48(51-46-21-9-10-23-49(46)58-50(51)32-40)44-27-26-38-28-36-15-3-4-16-37(36)30-47(38)43-20-8-7-19-42(43)44/h1-25,28-32,44,54H,26-27H2,(H,55,56,57). The Kier molecular flexibility index (Phi) is 7.45. The predicted octanol–water partition coefficient (Wildman–Crippen LogP) is 13.3. The van der Waals surface area contributed by atoms with E-state index in [4.69, 9.17) is 14.4 Å². The summed E-state index contributed by atoms with van der Waals surface area (Å²) < 4.78 is 6.76. The van der Waals surface area contributed by atoms with Gasteiger partial charge in [-0.2, -0.15) is 0 Å². The van der Waals surface area contributed by atoms with Gasteiger partial charge in [-0.05, 0) is 103 Å². The van der Waals surface area contributed by atoms with Crippen molar-refractivity contribution in [3.8, 4) is 11.1 Å². The van der Waals surface area contributed by atoms with Gasteiger partial charge in [-0.25, -0.2) is 9.98 Å². The maximum absolute atomic E-state index is 6.76. The normalized spacial score (nSPS) is 16.5. The Morgan fingerprint density at radius 1 is 0.483 bits per heavy atom. The van der Waals surface area contributed by atoms with Crippen LogP contribution >= 0.6 is 0 Å². The minimum Gasteiger partial charge on any atom is -0.456 e. The lowest BCUT2D eigenvalue weighted by molar-refractivity contribution is 0.665. The molecule has 0 bridgehead atoms. The van der Waals surface area contributed by atoms with E-state index < -0.39 is 0 Å². The fourth-order valence-corrected chi connectivity index (χ4v) is 9.57. The van der Waals surface area contributed by atoms with Gasteiger partial charge >= 0.3 is 0 Å². The van der Waals surface area contributed by atoms with Gasteiger partial charge in [0, 0.05) is 33.4 Å². The Bertz CT molecular complexity index is 3350. The molecule has 0 saturated heterocycles. The smallest absolute Gasteiger partial charge is 0.159 e. The minimum atomic E-state index is -0.364. The van der Waals surface area contributed by atoms with E-state index in [1.807, 2.05) is 0 Å². The molecule has 2 aliphatic rings. The van der Waals surface area contributed by atoms with Gasteiger partial charge in [0.1, 0.15) is 23.2 Å². The van der Waals surface area contributed by atoms with Crippen molar-refractivity contribution in [1.82, 2.24) is 5.32 Å². The molecule has 1 aromatic heterocycles. The monoisotopic (exact) mass is 743 g/mol. The average Bonchev–Trinajstić information content (AvgIpc) is 3.59. The Hall–Kier alpha value is -7.30. The second kappa shape index (κ2) is 13.1. The number of aliphatic imine (C=N–C) groups is 2. The molecule has 2 atom stereocenters. The molecule has 9 aromatic carbocycles. The van der Waals surface area contributed by atoms with Crippen LogP contribution in [0.1, 0.15) is 51.9 Å². The molecule has 4 nitrogen and oxygen atoms in total. The highest BCUT2D eigenvalue weighted by Gasteiger charge is 2.29. The first-order valence-corrected chi connectivity index (χ1v) is 20.2. The van der Waals surface area contributed by atoms with Gasteiger partial charge in [0.2, 0.25) is 0 Å². The van der Waals surface area contributed by atoms with E-state index in [9.17, 15) is 0 Å². The van der Waals surface area contributed by atoms with Crippen LogP contribution in [0.3, 0.4) is 0 Å². The maximum atomic E-state index is 6.76. The van der Waals surface area contributed by atoms with Crippen molar-refractivity contribution < 1.29 is 4.42 Å². The first kappa shape index (κ1) is 32.9. The molecule has 0 fully saturated rings. The molecule has 10 aromatic rings. The molecular formula is C54H37N3O. The number of furan rings is 1. The Morgan fingerprint density at radius 3 is 2.05 bits per heavy atom. The van der Waals surface area contributed by atoms with Crippen molar-refractivity contribution in [2.75, 3.05) is 0 Å². The fraction of sp³-hybridized carbons (Fsp3) is 0.0741. The number of amidine groups is 2. The van der Waals surface area contributed by atoms with E-state index in [2.05, 4.69) is 187 Å². The lowest BCUT2D eigenvalue weighted by Crippen LogP contribution is -2.33. The van der Waals surface area contributed by atoms with Gasteiger partial charge in [-0.1, -0.05) is 152 Å². The number of benzene rings is 9. The molecule has 0 spiro atoms. The van der Waals surface area contributed by atoms with Crippen LogP contribution in [-0.2, 0) is 6.42 Å². The van der Waals surface area contributed by atoms with Gasteiger partial charge < -0.3 is 9.73 Å². The van der Waals surface area contributed by atoms with Crippen LogP contribution in [0.4, 0.5) is 0 Å². The topological polar surface area (TPSA) is 49.9 Å². The van der Waals surface area contributed by atoms with Crippen LogP contribution in [0.2, 0.25) is 0 Å². The highest BCUT2D eigenvalue weighted by molar-refractivity contribution is 6.16. The molecule has 2 unspecified atom stereocenters. The SMILES string of the molecule is c1ccc2c(c1)-c1cc3ccccc3cc1CCC2c1cc(C2=NC(c3ccc4ccccc4c3)=NC(c3cccc4ccccc34)N2)cc2oc3ccccc3c12. The lowest BCUT2D eigenvalue weighted by Gasteiger charge is -2.26. The number of rotatable bonds is 4. The molecule has 0 saturated carbocycles. The zero-order chi connectivity index (χ0) is 38.2. The predicted molar refractivity (Wildman–Crippen MR) is 240 cm³/mol. The molecule has 2 heterocycles. The molecule has 4 heteroatoms. The third-order valence-corrected chi connectivity index (χ3v) is 12.3. The maximum Gasteiger partial charge on any atom is 0.159 e. The third kappa shape index (κ3) is 5.37. The largest absolute Gasteiger partial charge is 0.456 e. The van der Waals surface area contributed by atoms with Crippen LogP contribution in [0, 0.1) is 0 Å². The van der Waals surface area contributed by atoms with Gasteiger partial charge in [0.05, 0.1) is 0 Å². The number of nitrogens with zero attached hydrogens (tertiary/aromatic N) is 2. The van der Waals surface area contributed by atoms with Crippen molar-refractivity contribution >= 4 is 65.9 Å². The molecule has 12 rings (SSSR count). The van der Waals surface area contributed by atoms with Crippen LogP contribution in [-0.4, -0.2) is 11.7 Å². The fourth-order valence-electron chi connectivity index (χ4n) is 9.57. The van der Waals surface area contributed by atoms with Crippen LogP contribution < -0.4 is 5.32 Å². The summed E-state index contributed by atoms with van der Waals surface area (Å²) in [6.07, 6.45) is 1.56. The Morgan fingerprint density at radius 2 is 1.17 bits per heavy atom. The van der Waals surface area contributed by atoms with Crippen molar-refractivity contribution in [2.45, 2.75) is 24.9 Å². The van der Waals surface area contributed by atoms with Gasteiger partial charge in [-0.3, -0.25) is 0 Å². The number of aryl methyl sites for hydroxylation is 1. The first-order valence-electron chi connectivity index (χ1n) is 20.2. The second-order valence-electron chi connectivity index (χ2n) is 15.7. The summed E-state index contributed by atoms with van der Waals surface area (Å²) in [6, 6.07) is 65.6. The Labute approximate surface area is 335 Å². The van der Waals surface area contributed by atoms with E-state index in [-0.39, 0.29) is 12.1 Å². The summed E-state index contributed by atoms with van der Waals surface area (Å²) in [5.41, 5.74) is 11.4. The number of fused-ring (bicyclic) bond motifs is 9. The number of hydrogen-bond donors (Lipinski definition) is 1. The first-order chi connectivity index (χ1) is 28.7. The zero-order valence-corrected chi connectivity index (χ0v) is 31.7. The zero-order valence-electron chi connectivity index (χ0n) is 31.7. The summed E-state index contributed by atoms with van der Waals surface area (Å²) >= 11 is 0. The van der Waals surface area contributed by atoms with E-state index in [0.29, 0.717) is 5.84 Å². The van der Waals surface area contributed by atoms with E-state index >= 15 is 0 Å². The van der Waals surface area contributed by atoms with Gasteiger partial charge in [0.25, 0.3) is 0 Å². The molecule has 274 valence electrons. The average molecular weight is 744 g/mol. The van der Waals surface area contributed by atoms with E-state index in [1.54, 1.807) is 0 Å². The molecule has 1 aliphatic heterocycles. The van der Waals surface area contributed by atoms with Gasteiger partial charge in [-0.15, -0.1) is 0 Å². The summed E-state index contributed by atoms with van der Waals surface area (Å²) in [5, 5.41) is 13.4. The molecular weight excluding hydrogens is 707 g/mol. The molecule has 0 amide bonds. The van der Waals surface area contributed by atoms with Crippen molar-refractivity contribution in [3.05, 3.63) is 215 Å². The van der Waals surface area contributed by atoms with Crippen molar-refractivity contribution in [3.63, 3.8) is 0 Å². The van der Waals surface area contributed by atoms with Crippen LogP contribution in [0.15, 0.2) is 196 Å². The summed E-state index contributed by atoms with van der Waals surface area (Å²) in [6.45, 7) is 0. The second-order valence-corrected chi connectivity index (χ2v) is 15.7. The quantitative estimate of drug-likeness (QED) is 0.195. The highest BCUT2D eigenvalue weighted by Crippen LogP contribution is 2.46. The number of hydrogen-bond acceptors (Lipinski definition) is 4. The van der Waals surface area contributed by atoms with Crippen molar-refractivity contribution in [2.24, 2.45) is 9.98 Å². The highest BCUT2D eigenvalue weighted by atomic mass is 16.3. The summed E-state index contributed by atoms with van der Waals surface area (Å²) in [4.78, 5) is 10.7. The molecule has 58 heavy (non-hydrogen) atoms. The third-order valence-electron chi connectivity index (χ3n) is 12.3. The van der Waals surface area contributed by atoms with Crippen LogP contribution in [0.5, 0.6) is 0 Å². The van der Waals surface area contributed by atoms with Crippen LogP contribution in [0.25, 0.3) is 65.4 Å². The number of para-hydroxylation sites is 1. The summed E-state index contributed by atoms with van der Waals surface area (Å²) in [7, 11) is 0.